The van der Waals surface area contributed by atoms with Crippen LogP contribution in [-0.4, -0.2) is 52.4 Å². The fourth-order valence-electron chi connectivity index (χ4n) is 1.28. The molecule has 13 heavy (non-hydrogen) atoms. The molecule has 3 atom stereocenters. The highest BCUT2D eigenvalue weighted by atomic mass is 32.2. The number of ether oxygens (including phenoxy) is 1. The summed E-state index contributed by atoms with van der Waals surface area (Å²) in [5, 5.41) is 9.36. The number of aliphatic hydroxyl groups is 1. The van der Waals surface area contributed by atoms with E-state index >= 15 is 0 Å². The minimum absolute atomic E-state index is 0.0387. The van der Waals surface area contributed by atoms with Crippen molar-refractivity contribution in [2.75, 3.05) is 12.9 Å². The molecule has 1 aliphatic rings. The van der Waals surface area contributed by atoms with Gasteiger partial charge < -0.3 is 9.84 Å². The summed E-state index contributed by atoms with van der Waals surface area (Å²) in [7, 11) is -1.62. The van der Waals surface area contributed by atoms with E-state index in [1.165, 1.54) is 0 Å². The van der Waals surface area contributed by atoms with Crippen LogP contribution in [0.25, 0.3) is 0 Å². The zero-order valence-electron chi connectivity index (χ0n) is 7.63. The van der Waals surface area contributed by atoms with Crippen molar-refractivity contribution in [2.45, 2.75) is 24.6 Å². The van der Waals surface area contributed by atoms with Crippen molar-refractivity contribution in [2.24, 2.45) is 0 Å². The normalized spacial score (nSPS) is 35.1. The molecule has 0 radical (unpaired) electrons. The third-order valence-electron chi connectivity index (χ3n) is 1.86. The summed E-state index contributed by atoms with van der Waals surface area (Å²) in [5.41, 5.74) is 0. The van der Waals surface area contributed by atoms with Gasteiger partial charge in [-0.1, -0.05) is 0 Å². The third kappa shape index (κ3) is 3.64. The number of hydrogen-bond donors (Lipinski definition) is 1. The summed E-state index contributed by atoms with van der Waals surface area (Å²) in [6.07, 6.45) is 0.344. The first-order valence-corrected chi connectivity index (χ1v) is 5.88. The van der Waals surface area contributed by atoms with Crippen LogP contribution in [0, 0.1) is 0 Å². The van der Waals surface area contributed by atoms with Gasteiger partial charge in [0.1, 0.15) is 14.0 Å². The fourth-order valence-corrected chi connectivity index (χ4v) is 1.66. The first-order chi connectivity index (χ1) is 5.88. The van der Waals surface area contributed by atoms with Crippen LogP contribution >= 0.6 is 0 Å². The first kappa shape index (κ1) is 11.0. The van der Waals surface area contributed by atoms with E-state index in [-0.39, 0.29) is 12.6 Å². The van der Waals surface area contributed by atoms with Gasteiger partial charge in [0, 0.05) is 6.00 Å². The maximum atomic E-state index is 10.6. The Balaban J connectivity index is 2.38. The molecule has 0 bridgehead atoms. The third-order valence-corrected chi connectivity index (χ3v) is 2.42. The van der Waals surface area contributed by atoms with E-state index in [0.29, 0.717) is 6.42 Å². The lowest BCUT2D eigenvalue weighted by Crippen LogP contribution is -2.27. The molecule has 0 aromatic heterocycles. The predicted molar refractivity (Wildman–Crippen MR) is 48.6 cm³/mol. The van der Waals surface area contributed by atoms with Crippen molar-refractivity contribution < 1.29 is 22.4 Å². The standard InChI is InChI=1S/C6H13BO5S/c1-13(9,10)11-3-5-4(8)2-6(7)12-5/h4-6,8H,2-3,7H2,1H3/t4-,5-,6-/m1/s1. The molecule has 0 saturated carbocycles. The Hall–Kier alpha value is -0.105. The van der Waals surface area contributed by atoms with Crippen LogP contribution in [0.4, 0.5) is 0 Å². The van der Waals surface area contributed by atoms with E-state index in [2.05, 4.69) is 4.18 Å². The molecule has 1 heterocycles. The highest BCUT2D eigenvalue weighted by Gasteiger charge is 2.31. The van der Waals surface area contributed by atoms with Crippen LogP contribution < -0.4 is 0 Å². The van der Waals surface area contributed by atoms with Gasteiger partial charge in [0.15, 0.2) is 0 Å². The summed E-state index contributed by atoms with van der Waals surface area (Å²) in [5.74, 6) is 0. The Labute approximate surface area is 78.6 Å². The van der Waals surface area contributed by atoms with Crippen LogP contribution in [0.2, 0.25) is 0 Å². The van der Waals surface area contributed by atoms with Crippen LogP contribution in [-0.2, 0) is 19.0 Å². The van der Waals surface area contributed by atoms with Crippen molar-refractivity contribution in [3.63, 3.8) is 0 Å². The van der Waals surface area contributed by atoms with E-state index in [1.54, 1.807) is 0 Å². The predicted octanol–water partition coefficient (Wildman–Crippen LogP) is -1.93. The summed E-state index contributed by atoms with van der Waals surface area (Å²) < 4.78 is 31.0. The molecule has 0 amide bonds. The van der Waals surface area contributed by atoms with Crippen LogP contribution in [0.3, 0.4) is 0 Å². The Kier molecular flexibility index (Phi) is 3.34. The zero-order valence-corrected chi connectivity index (χ0v) is 8.45. The van der Waals surface area contributed by atoms with Gasteiger partial charge in [0.2, 0.25) is 0 Å². The smallest absolute Gasteiger partial charge is 0.264 e. The molecular weight excluding hydrogens is 195 g/mol. The molecule has 1 rings (SSSR count). The summed E-state index contributed by atoms with van der Waals surface area (Å²) in [6, 6.07) is -0.0387. The Morgan fingerprint density at radius 3 is 2.69 bits per heavy atom. The van der Waals surface area contributed by atoms with Crippen LogP contribution in [0.5, 0.6) is 0 Å². The van der Waals surface area contributed by atoms with E-state index in [1.807, 2.05) is 7.85 Å². The highest BCUT2D eigenvalue weighted by molar-refractivity contribution is 7.85. The molecule has 76 valence electrons. The van der Waals surface area contributed by atoms with E-state index in [0.717, 1.165) is 6.26 Å². The summed E-state index contributed by atoms with van der Waals surface area (Å²) >= 11 is 0. The Morgan fingerprint density at radius 2 is 2.31 bits per heavy atom. The topological polar surface area (TPSA) is 72.8 Å². The molecule has 1 saturated heterocycles. The van der Waals surface area contributed by atoms with Gasteiger partial charge in [-0.15, -0.1) is 0 Å². The monoisotopic (exact) mass is 208 g/mol. The minimum Gasteiger partial charge on any atom is -0.390 e. The lowest BCUT2D eigenvalue weighted by molar-refractivity contribution is 0.00429. The first-order valence-electron chi connectivity index (χ1n) is 4.06. The molecule has 0 aromatic carbocycles. The SMILES string of the molecule is B[C@H]1C[C@@H](O)[C@@H](COS(C)(=O)=O)O1. The summed E-state index contributed by atoms with van der Waals surface area (Å²) in [4.78, 5) is 0. The Morgan fingerprint density at radius 1 is 1.69 bits per heavy atom. The number of hydrogen-bond acceptors (Lipinski definition) is 5. The molecule has 0 aromatic rings. The van der Waals surface area contributed by atoms with Gasteiger partial charge in [-0.25, -0.2) is 0 Å². The molecule has 1 N–H and O–H groups in total. The van der Waals surface area contributed by atoms with Crippen LogP contribution in [0.15, 0.2) is 0 Å². The van der Waals surface area contributed by atoms with Crippen molar-refractivity contribution >= 4 is 18.0 Å². The molecule has 5 nitrogen and oxygen atoms in total. The lowest BCUT2D eigenvalue weighted by Gasteiger charge is -2.12. The van der Waals surface area contributed by atoms with Gasteiger partial charge in [-0.05, 0) is 6.42 Å². The number of aliphatic hydroxyl groups excluding tert-OH is 1. The average molecular weight is 208 g/mol. The second kappa shape index (κ2) is 3.95. The molecule has 7 heteroatoms. The molecule has 0 aliphatic carbocycles. The van der Waals surface area contributed by atoms with Gasteiger partial charge in [0.25, 0.3) is 10.1 Å². The Bertz CT molecular complexity index is 264. The highest BCUT2D eigenvalue weighted by Crippen LogP contribution is 2.18. The largest absolute Gasteiger partial charge is 0.390 e. The molecule has 1 aliphatic heterocycles. The molecular formula is C6H13BO5S. The molecule has 0 spiro atoms. The summed E-state index contributed by atoms with van der Waals surface area (Å²) in [6.45, 7) is -0.107. The van der Waals surface area contributed by atoms with Crippen molar-refractivity contribution in [1.29, 1.82) is 0 Å². The number of rotatable bonds is 3. The average Bonchev–Trinajstić information content (AvgIpc) is 2.24. The van der Waals surface area contributed by atoms with Crippen molar-refractivity contribution in [3.8, 4) is 0 Å². The fraction of sp³-hybridized carbons (Fsp3) is 1.00. The second-order valence-electron chi connectivity index (χ2n) is 3.28. The van der Waals surface area contributed by atoms with E-state index in [4.69, 9.17) is 4.74 Å². The van der Waals surface area contributed by atoms with Gasteiger partial charge in [0.05, 0.1) is 19.0 Å². The van der Waals surface area contributed by atoms with E-state index in [9.17, 15) is 13.5 Å². The maximum absolute atomic E-state index is 10.6. The van der Waals surface area contributed by atoms with E-state index < -0.39 is 22.3 Å². The molecule has 1 fully saturated rings. The molecule has 0 unspecified atom stereocenters. The quantitative estimate of drug-likeness (QED) is 0.432. The zero-order chi connectivity index (χ0) is 10.1. The van der Waals surface area contributed by atoms with Crippen LogP contribution in [0.1, 0.15) is 6.42 Å². The van der Waals surface area contributed by atoms with Crippen molar-refractivity contribution in [1.82, 2.24) is 0 Å². The van der Waals surface area contributed by atoms with Gasteiger partial charge >= 0.3 is 0 Å². The van der Waals surface area contributed by atoms with Crippen molar-refractivity contribution in [3.05, 3.63) is 0 Å². The van der Waals surface area contributed by atoms with Gasteiger partial charge in [-0.3, -0.25) is 4.18 Å². The minimum atomic E-state index is -3.44. The second-order valence-corrected chi connectivity index (χ2v) is 4.92. The van der Waals surface area contributed by atoms with Gasteiger partial charge in [-0.2, -0.15) is 8.42 Å². The maximum Gasteiger partial charge on any atom is 0.264 e. The lowest BCUT2D eigenvalue weighted by atomic mass is 9.96.